The summed E-state index contributed by atoms with van der Waals surface area (Å²) in [6.45, 7) is 0. The number of amidine groups is 2. The number of nitrogens with zero attached hydrogens (tertiary/aromatic N) is 3. The summed E-state index contributed by atoms with van der Waals surface area (Å²) in [6.07, 6.45) is 1.37. The maximum atomic E-state index is 12.5. The Kier molecular flexibility index (Phi) is 7.68. The molecular formula is C27H27N5O5. The normalized spacial score (nSPS) is 14.4. The molecule has 1 heterocycles. The number of amides is 1. The van der Waals surface area contributed by atoms with Crippen molar-refractivity contribution in [2.75, 3.05) is 21.2 Å². The number of ether oxygens (including phenoxy) is 4. The number of benzene rings is 3. The van der Waals surface area contributed by atoms with Gasteiger partial charge in [-0.05, 0) is 42.5 Å². The number of nitrogens with two attached hydrogens (primary N) is 1. The molecule has 0 bridgehead atoms. The Morgan fingerprint density at radius 3 is 2.41 bits per heavy atom. The summed E-state index contributed by atoms with van der Waals surface area (Å²) in [5.41, 5.74) is 6.55. The molecule has 10 nitrogen and oxygen atoms in total. The van der Waals surface area contributed by atoms with Crippen molar-refractivity contribution in [2.24, 2.45) is 15.7 Å². The van der Waals surface area contributed by atoms with E-state index < -0.39 is 6.23 Å². The zero-order valence-electron chi connectivity index (χ0n) is 20.7. The van der Waals surface area contributed by atoms with E-state index in [1.807, 2.05) is 30.3 Å². The number of methoxy groups -OCH3 is 1. The van der Waals surface area contributed by atoms with Crippen LogP contribution in [0.15, 0.2) is 76.7 Å². The van der Waals surface area contributed by atoms with Crippen LogP contribution in [-0.4, -0.2) is 56.3 Å². The van der Waals surface area contributed by atoms with Crippen molar-refractivity contribution in [3.8, 4) is 28.7 Å². The van der Waals surface area contributed by atoms with Gasteiger partial charge in [0.25, 0.3) is 5.91 Å². The number of nitrogen functional groups attached to an aromatic ring is 1. The standard InChI is InChI=1S/C27H27N5O5/c1-32(2)26(33)18-13-20(34-3)16-21(14-18)36-24-11-12-30-27(31-24)37-23-15-17(25(28)29)9-10-22(23)35-19-7-5-4-6-8-19/h4-10,12-16,24H,11H2,1-3H3,(H3,28,29). The minimum absolute atomic E-state index is 0.0438. The molecule has 1 amide bonds. The number of carbonyl (C=O) groups is 1. The Balaban J connectivity index is 1.58. The third kappa shape index (κ3) is 6.43. The van der Waals surface area contributed by atoms with Crippen molar-refractivity contribution in [2.45, 2.75) is 12.6 Å². The van der Waals surface area contributed by atoms with Crippen molar-refractivity contribution < 1.29 is 23.7 Å². The first-order chi connectivity index (χ1) is 17.8. The van der Waals surface area contributed by atoms with E-state index in [9.17, 15) is 4.79 Å². The molecule has 0 spiro atoms. The largest absolute Gasteiger partial charge is 0.497 e. The van der Waals surface area contributed by atoms with Gasteiger partial charge >= 0.3 is 6.02 Å². The molecule has 10 heteroatoms. The third-order valence-corrected chi connectivity index (χ3v) is 5.23. The highest BCUT2D eigenvalue weighted by molar-refractivity contribution is 5.96. The van der Waals surface area contributed by atoms with Crippen LogP contribution in [0.5, 0.6) is 28.7 Å². The van der Waals surface area contributed by atoms with E-state index in [1.54, 1.807) is 56.7 Å². The number of hydrogen-bond acceptors (Lipinski definition) is 8. The van der Waals surface area contributed by atoms with E-state index >= 15 is 0 Å². The maximum Gasteiger partial charge on any atom is 0.320 e. The third-order valence-electron chi connectivity index (χ3n) is 5.23. The highest BCUT2D eigenvalue weighted by atomic mass is 16.5. The first kappa shape index (κ1) is 25.2. The van der Waals surface area contributed by atoms with Gasteiger partial charge in [-0.15, -0.1) is 0 Å². The van der Waals surface area contributed by atoms with Gasteiger partial charge in [-0.1, -0.05) is 18.2 Å². The lowest BCUT2D eigenvalue weighted by molar-refractivity contribution is 0.0826. The minimum atomic E-state index is -0.656. The van der Waals surface area contributed by atoms with Gasteiger partial charge in [0, 0.05) is 43.9 Å². The van der Waals surface area contributed by atoms with Gasteiger partial charge < -0.3 is 29.6 Å². The van der Waals surface area contributed by atoms with Crippen LogP contribution in [0.4, 0.5) is 0 Å². The molecular weight excluding hydrogens is 474 g/mol. The molecule has 190 valence electrons. The maximum absolute atomic E-state index is 12.5. The van der Waals surface area contributed by atoms with Crippen LogP contribution < -0.4 is 24.7 Å². The van der Waals surface area contributed by atoms with Gasteiger partial charge in [0.1, 0.15) is 23.1 Å². The number of hydrogen-bond donors (Lipinski definition) is 2. The molecule has 1 aliphatic rings. The van der Waals surface area contributed by atoms with Crippen LogP contribution in [-0.2, 0) is 0 Å². The molecule has 0 aliphatic carbocycles. The van der Waals surface area contributed by atoms with Gasteiger partial charge in [-0.25, -0.2) is 4.99 Å². The summed E-state index contributed by atoms with van der Waals surface area (Å²) < 4.78 is 23.3. The highest BCUT2D eigenvalue weighted by Crippen LogP contribution is 2.33. The summed E-state index contributed by atoms with van der Waals surface area (Å²) in [5.74, 6) is 1.89. The number of nitrogens with one attached hydrogen (secondary N) is 1. The van der Waals surface area contributed by atoms with Crippen LogP contribution >= 0.6 is 0 Å². The molecule has 3 aromatic rings. The number of aliphatic imine (C=N–C) groups is 2. The van der Waals surface area contributed by atoms with Crippen molar-refractivity contribution in [1.82, 2.24) is 4.90 Å². The average Bonchev–Trinajstić information content (AvgIpc) is 2.89. The Labute approximate surface area is 214 Å². The van der Waals surface area contributed by atoms with Crippen molar-refractivity contribution >= 4 is 24.0 Å². The fraction of sp³-hybridized carbons (Fsp3) is 0.185. The Morgan fingerprint density at radius 1 is 0.946 bits per heavy atom. The van der Waals surface area contributed by atoms with E-state index in [4.69, 9.17) is 30.1 Å². The lowest BCUT2D eigenvalue weighted by Crippen LogP contribution is -2.24. The highest BCUT2D eigenvalue weighted by Gasteiger charge is 2.19. The zero-order chi connectivity index (χ0) is 26.4. The van der Waals surface area contributed by atoms with Gasteiger partial charge in [-0.2, -0.15) is 4.99 Å². The molecule has 0 saturated heterocycles. The Bertz CT molecular complexity index is 1350. The number of carbonyl (C=O) groups excluding carboxylic acids is 1. The van der Waals surface area contributed by atoms with E-state index in [1.165, 1.54) is 12.0 Å². The lowest BCUT2D eigenvalue weighted by Gasteiger charge is -2.19. The molecule has 1 aliphatic heterocycles. The second kappa shape index (κ2) is 11.3. The fourth-order valence-electron chi connectivity index (χ4n) is 3.41. The molecule has 0 aromatic heterocycles. The van der Waals surface area contributed by atoms with Crippen LogP contribution in [0.1, 0.15) is 22.3 Å². The molecule has 4 rings (SSSR count). The summed E-state index contributed by atoms with van der Waals surface area (Å²) in [7, 11) is 4.86. The minimum Gasteiger partial charge on any atom is -0.497 e. The topological polar surface area (TPSA) is 132 Å². The molecule has 1 atom stereocenters. The van der Waals surface area contributed by atoms with Crippen molar-refractivity contribution in [3.63, 3.8) is 0 Å². The fourth-order valence-corrected chi connectivity index (χ4v) is 3.41. The van der Waals surface area contributed by atoms with Crippen molar-refractivity contribution in [3.05, 3.63) is 77.9 Å². The van der Waals surface area contributed by atoms with Crippen LogP contribution in [0.2, 0.25) is 0 Å². The van der Waals surface area contributed by atoms with E-state index in [2.05, 4.69) is 9.98 Å². The quantitative estimate of drug-likeness (QED) is 0.353. The van der Waals surface area contributed by atoms with Gasteiger partial charge in [0.15, 0.2) is 17.7 Å². The van der Waals surface area contributed by atoms with Gasteiger partial charge in [0.05, 0.1) is 7.11 Å². The molecule has 0 fully saturated rings. The summed E-state index contributed by atoms with van der Waals surface area (Å²) in [5, 5.41) is 7.77. The Hall–Kier alpha value is -4.86. The monoisotopic (exact) mass is 501 g/mol. The molecule has 0 radical (unpaired) electrons. The van der Waals surface area contributed by atoms with Crippen LogP contribution in [0.25, 0.3) is 0 Å². The molecule has 1 unspecified atom stereocenters. The predicted octanol–water partition coefficient (Wildman–Crippen LogP) is 4.09. The predicted molar refractivity (Wildman–Crippen MR) is 141 cm³/mol. The second-order valence-electron chi connectivity index (χ2n) is 8.22. The molecule has 0 saturated carbocycles. The van der Waals surface area contributed by atoms with Crippen LogP contribution in [0.3, 0.4) is 0 Å². The smallest absolute Gasteiger partial charge is 0.320 e. The second-order valence-corrected chi connectivity index (χ2v) is 8.22. The Morgan fingerprint density at radius 2 is 1.70 bits per heavy atom. The molecule has 37 heavy (non-hydrogen) atoms. The summed E-state index contributed by atoms with van der Waals surface area (Å²) in [6, 6.07) is 19.1. The van der Waals surface area contributed by atoms with Gasteiger partial charge in [0.2, 0.25) is 0 Å². The van der Waals surface area contributed by atoms with E-state index in [-0.39, 0.29) is 23.5 Å². The SMILES string of the molecule is COc1cc(OC2CC=NC(Oc3cc(C(=N)N)ccc3Oc3ccccc3)=N2)cc(C(=O)N(C)C)c1. The number of para-hydroxylation sites is 1. The van der Waals surface area contributed by atoms with E-state index in [0.717, 1.165) is 0 Å². The average molecular weight is 502 g/mol. The molecule has 3 N–H and O–H groups in total. The summed E-state index contributed by atoms with van der Waals surface area (Å²) >= 11 is 0. The van der Waals surface area contributed by atoms with Gasteiger partial charge in [-0.3, -0.25) is 10.2 Å². The first-order valence-electron chi connectivity index (χ1n) is 11.4. The summed E-state index contributed by atoms with van der Waals surface area (Å²) in [4.78, 5) is 22.6. The number of rotatable bonds is 8. The zero-order valence-corrected chi connectivity index (χ0v) is 20.7. The van der Waals surface area contributed by atoms with Crippen molar-refractivity contribution in [1.29, 1.82) is 5.41 Å². The first-order valence-corrected chi connectivity index (χ1v) is 11.4. The lowest BCUT2D eigenvalue weighted by atomic mass is 10.2. The molecule has 3 aromatic carbocycles. The van der Waals surface area contributed by atoms with Crippen LogP contribution in [0, 0.1) is 5.41 Å². The van der Waals surface area contributed by atoms with E-state index in [0.29, 0.717) is 40.5 Å².